The number of hydrogen-bond acceptors (Lipinski definition) is 3. The second kappa shape index (κ2) is 8.13. The molecule has 0 radical (unpaired) electrons. The van der Waals surface area contributed by atoms with Crippen molar-refractivity contribution in [3.05, 3.63) is 6.33 Å². The van der Waals surface area contributed by atoms with Crippen molar-refractivity contribution in [2.45, 2.75) is 20.8 Å². The predicted molar refractivity (Wildman–Crippen MR) is 45.6 cm³/mol. The Hall–Kier alpha value is -0.970. The van der Waals surface area contributed by atoms with E-state index in [-0.39, 0.29) is 0 Å². The first kappa shape index (κ1) is 11.0. The Morgan fingerprint density at radius 2 is 1.75 bits per heavy atom. The number of aromatic amines is 1. The number of quaternary nitrogens is 1. The van der Waals surface area contributed by atoms with E-state index in [0.29, 0.717) is 0 Å². The van der Waals surface area contributed by atoms with Crippen LogP contribution in [-0.4, -0.2) is 40.3 Å². The number of tetrazole rings is 1. The van der Waals surface area contributed by atoms with Gasteiger partial charge in [0, 0.05) is 0 Å². The second-order valence-electron chi connectivity index (χ2n) is 2.32. The van der Waals surface area contributed by atoms with Crippen LogP contribution in [0.1, 0.15) is 20.8 Å². The van der Waals surface area contributed by atoms with Gasteiger partial charge in [-0.2, -0.15) is 0 Å². The third-order valence-electron chi connectivity index (χ3n) is 1.74. The fraction of sp³-hybridized carbons (Fsp3) is 0.857. The van der Waals surface area contributed by atoms with Crippen molar-refractivity contribution in [3.63, 3.8) is 0 Å². The van der Waals surface area contributed by atoms with Gasteiger partial charge in [0.25, 0.3) is 0 Å². The monoisotopic (exact) mass is 171 g/mol. The lowest BCUT2D eigenvalue weighted by molar-refractivity contribution is -0.894. The summed E-state index contributed by atoms with van der Waals surface area (Å²) in [5.41, 5.74) is 0. The molecule has 0 bridgehead atoms. The molecule has 1 heterocycles. The van der Waals surface area contributed by atoms with E-state index >= 15 is 0 Å². The van der Waals surface area contributed by atoms with E-state index in [4.69, 9.17) is 0 Å². The molecule has 1 rings (SSSR count). The van der Waals surface area contributed by atoms with E-state index in [9.17, 15) is 0 Å². The van der Waals surface area contributed by atoms with Gasteiger partial charge in [-0.05, 0) is 20.8 Å². The summed E-state index contributed by atoms with van der Waals surface area (Å²) >= 11 is 0. The van der Waals surface area contributed by atoms with Crippen molar-refractivity contribution in [2.75, 3.05) is 19.6 Å². The van der Waals surface area contributed by atoms with Crippen LogP contribution in [0.3, 0.4) is 0 Å². The summed E-state index contributed by atoms with van der Waals surface area (Å²) in [6.45, 7) is 10.5. The van der Waals surface area contributed by atoms with Crippen molar-refractivity contribution < 1.29 is 4.90 Å². The Morgan fingerprint density at radius 3 is 1.83 bits per heavy atom. The van der Waals surface area contributed by atoms with E-state index in [2.05, 4.69) is 47.7 Å². The maximum atomic E-state index is 3.25. The number of nitrogens with zero attached hydrogens (tertiary/aromatic N) is 3. The molecule has 0 fully saturated rings. The highest BCUT2D eigenvalue weighted by molar-refractivity contribution is 4.19. The van der Waals surface area contributed by atoms with Gasteiger partial charge >= 0.3 is 0 Å². The lowest BCUT2D eigenvalue weighted by Crippen LogP contribution is -3.11. The molecule has 70 valence electrons. The number of H-pyrrole nitrogens is 1. The van der Waals surface area contributed by atoms with Crippen LogP contribution in [0.4, 0.5) is 0 Å². The summed E-state index contributed by atoms with van der Waals surface area (Å²) in [5.74, 6) is 0. The average Bonchev–Trinajstić information content (AvgIpc) is 2.64. The molecule has 0 atom stereocenters. The Labute approximate surface area is 73.2 Å². The van der Waals surface area contributed by atoms with Crippen LogP contribution in [0.15, 0.2) is 0 Å². The molecular weight excluding hydrogens is 154 g/mol. The standard InChI is InChI=1S/C6H15N.CHN4/c1-4-7(5-2)6-3;1-2-4-5-3-1/h4-6H2,1-3H3;(H,2,3,4,5)/q;-1/p+1. The van der Waals surface area contributed by atoms with Gasteiger partial charge in [-0.1, -0.05) is 5.21 Å². The molecule has 0 aliphatic rings. The summed E-state index contributed by atoms with van der Waals surface area (Å²) in [4.78, 5) is 1.68. The Balaban J connectivity index is 0.000000211. The van der Waals surface area contributed by atoms with Crippen LogP contribution < -0.4 is 4.90 Å². The van der Waals surface area contributed by atoms with E-state index in [1.165, 1.54) is 19.6 Å². The minimum atomic E-state index is 1.27. The van der Waals surface area contributed by atoms with E-state index in [1.54, 1.807) is 4.90 Å². The molecule has 2 N–H and O–H groups in total. The van der Waals surface area contributed by atoms with E-state index < -0.39 is 0 Å². The normalized spacial score (nSPS) is 9.33. The molecule has 1 aromatic rings. The second-order valence-corrected chi connectivity index (χ2v) is 2.32. The lowest BCUT2D eigenvalue weighted by Gasteiger charge is -2.10. The molecule has 0 saturated heterocycles. The van der Waals surface area contributed by atoms with Crippen LogP contribution in [0.25, 0.3) is 0 Å². The van der Waals surface area contributed by atoms with Gasteiger partial charge in [-0.25, -0.2) is 11.5 Å². The molecule has 0 aliphatic carbocycles. The smallest absolute Gasteiger partial charge is 0.0742 e. The number of rotatable bonds is 3. The van der Waals surface area contributed by atoms with Crippen LogP contribution in [0, 0.1) is 6.33 Å². The molecule has 0 aliphatic heterocycles. The average molecular weight is 171 g/mol. The lowest BCUT2D eigenvalue weighted by atomic mass is 10.5. The third kappa shape index (κ3) is 5.79. The van der Waals surface area contributed by atoms with Gasteiger partial charge in [-0.3, -0.25) is 0 Å². The molecule has 0 saturated carbocycles. The molecule has 12 heavy (non-hydrogen) atoms. The minimum Gasteiger partial charge on any atom is -0.357 e. The van der Waals surface area contributed by atoms with Gasteiger partial charge in [0.2, 0.25) is 0 Å². The summed E-state index contributed by atoms with van der Waals surface area (Å²) in [6.07, 6.45) is 2.19. The van der Waals surface area contributed by atoms with E-state index in [0.717, 1.165) is 0 Å². The highest BCUT2D eigenvalue weighted by atomic mass is 15.5. The highest BCUT2D eigenvalue weighted by Crippen LogP contribution is 1.45. The zero-order valence-corrected chi connectivity index (χ0v) is 7.96. The third-order valence-corrected chi connectivity index (χ3v) is 1.74. The first-order chi connectivity index (χ1) is 5.85. The van der Waals surface area contributed by atoms with Gasteiger partial charge in [0.05, 0.1) is 19.6 Å². The maximum absolute atomic E-state index is 3.25. The first-order valence-corrected chi connectivity index (χ1v) is 4.28. The first-order valence-electron chi connectivity index (χ1n) is 4.28. The Morgan fingerprint density at radius 1 is 1.17 bits per heavy atom. The molecule has 1 aromatic heterocycles. The molecular formula is C7H17N5. The van der Waals surface area contributed by atoms with Crippen molar-refractivity contribution in [3.8, 4) is 0 Å². The largest absolute Gasteiger partial charge is 0.357 e. The highest BCUT2D eigenvalue weighted by Gasteiger charge is 1.92. The molecule has 0 aromatic carbocycles. The molecule has 0 unspecified atom stereocenters. The van der Waals surface area contributed by atoms with Crippen LogP contribution in [-0.2, 0) is 0 Å². The predicted octanol–water partition coefficient (Wildman–Crippen LogP) is -1.07. The van der Waals surface area contributed by atoms with Crippen LogP contribution in [0.5, 0.6) is 0 Å². The van der Waals surface area contributed by atoms with Gasteiger partial charge in [-0.15, -0.1) is 0 Å². The summed E-state index contributed by atoms with van der Waals surface area (Å²) in [6, 6.07) is 0. The van der Waals surface area contributed by atoms with Crippen LogP contribution >= 0.6 is 0 Å². The Bertz CT molecular complexity index is 124. The summed E-state index contributed by atoms with van der Waals surface area (Å²) in [7, 11) is 0. The van der Waals surface area contributed by atoms with Crippen molar-refractivity contribution in [2.24, 2.45) is 0 Å². The van der Waals surface area contributed by atoms with Crippen molar-refractivity contribution in [1.29, 1.82) is 0 Å². The number of nitrogens with one attached hydrogen (secondary N) is 2. The molecule has 0 amide bonds. The Kier molecular flexibility index (Phi) is 7.47. The van der Waals surface area contributed by atoms with Gasteiger partial charge in [0.1, 0.15) is 0 Å². The molecule has 5 heteroatoms. The van der Waals surface area contributed by atoms with Gasteiger partial charge in [0.15, 0.2) is 0 Å². The van der Waals surface area contributed by atoms with Crippen molar-refractivity contribution >= 4 is 0 Å². The van der Waals surface area contributed by atoms with Crippen molar-refractivity contribution in [1.82, 2.24) is 20.6 Å². The fourth-order valence-corrected chi connectivity index (χ4v) is 0.862. The summed E-state index contributed by atoms with van der Waals surface area (Å²) < 4.78 is 0. The van der Waals surface area contributed by atoms with Crippen LogP contribution in [0.2, 0.25) is 0 Å². The SMILES string of the molecule is CC[NH+](CC)CC.[c-]1nn[nH]n1. The quantitative estimate of drug-likeness (QED) is 0.569. The number of aromatic nitrogens is 4. The molecule has 0 spiro atoms. The zero-order chi connectivity index (χ0) is 9.23. The van der Waals surface area contributed by atoms with Gasteiger partial charge < -0.3 is 15.1 Å². The minimum absolute atomic E-state index is 1.27. The maximum Gasteiger partial charge on any atom is 0.0742 e. The topological polar surface area (TPSA) is 58.9 Å². The number of hydrogen-bond donors (Lipinski definition) is 2. The summed E-state index contributed by atoms with van der Waals surface area (Å²) in [5, 5.41) is 11.8. The fourth-order valence-electron chi connectivity index (χ4n) is 0.862. The molecule has 5 nitrogen and oxygen atoms in total. The van der Waals surface area contributed by atoms with E-state index in [1.807, 2.05) is 0 Å². The zero-order valence-electron chi connectivity index (χ0n) is 7.96.